The van der Waals surface area contributed by atoms with E-state index in [0.29, 0.717) is 16.5 Å². The summed E-state index contributed by atoms with van der Waals surface area (Å²) < 4.78 is 43.7. The summed E-state index contributed by atoms with van der Waals surface area (Å²) in [4.78, 5) is 55.7. The van der Waals surface area contributed by atoms with Crippen molar-refractivity contribution in [2.24, 2.45) is 59.2 Å². The highest BCUT2D eigenvalue weighted by Gasteiger charge is 2.31. The van der Waals surface area contributed by atoms with Gasteiger partial charge in [0.05, 0.1) is 15.4 Å². The molecule has 4 aromatic rings. The van der Waals surface area contributed by atoms with E-state index in [1.807, 2.05) is 155 Å². The molecule has 0 amide bonds. The minimum absolute atomic E-state index is 0.0948. The molecule has 91 heavy (non-hydrogen) atoms. The van der Waals surface area contributed by atoms with Crippen LogP contribution in [0.25, 0.3) is 0 Å². The average Bonchev–Trinajstić information content (AvgIpc) is 2.37. The van der Waals surface area contributed by atoms with Crippen molar-refractivity contribution >= 4 is 48.6 Å². The van der Waals surface area contributed by atoms with Crippen molar-refractivity contribution in [2.75, 3.05) is 6.26 Å². The van der Waals surface area contributed by atoms with E-state index in [-0.39, 0.29) is 69.3 Å². The third kappa shape index (κ3) is 62.4. The van der Waals surface area contributed by atoms with E-state index in [1.165, 1.54) is 36.6 Å². The normalized spacial score (nSPS) is 12.6. The topological polar surface area (TPSA) is 154 Å². The molecule has 1 aliphatic rings. The molecule has 11 heteroatoms. The zero-order chi connectivity index (χ0) is 73.2. The van der Waals surface area contributed by atoms with Gasteiger partial charge in [-0.2, -0.15) is 0 Å². The van der Waals surface area contributed by atoms with E-state index >= 15 is 0 Å². The average molecular weight is 1310 g/mol. The van der Waals surface area contributed by atoms with Gasteiger partial charge < -0.3 is 0 Å². The minimum atomic E-state index is -3.08. The molecule has 1 fully saturated rings. The molecule has 0 heterocycles. The van der Waals surface area contributed by atoms with E-state index in [4.69, 9.17) is 0 Å². The van der Waals surface area contributed by atoms with Crippen LogP contribution < -0.4 is 0 Å². The molecule has 0 spiro atoms. The van der Waals surface area contributed by atoms with E-state index in [1.54, 1.807) is 71.9 Å². The fourth-order valence-corrected chi connectivity index (χ4v) is 7.68. The number of sulfone groups is 2. The zero-order valence-corrected chi connectivity index (χ0v) is 66.0. The Morgan fingerprint density at radius 1 is 0.374 bits per heavy atom. The van der Waals surface area contributed by atoms with Crippen LogP contribution in [-0.4, -0.2) is 62.5 Å². The van der Waals surface area contributed by atoms with Crippen LogP contribution in [0.2, 0.25) is 0 Å². The second kappa shape index (κ2) is 63.9. The van der Waals surface area contributed by atoms with E-state index < -0.39 is 19.7 Å². The first kappa shape index (κ1) is 102. The number of benzene rings is 4. The lowest BCUT2D eigenvalue weighted by molar-refractivity contribution is -0.131. The van der Waals surface area contributed by atoms with Crippen LogP contribution in [0.5, 0.6) is 0 Å². The third-order valence-electron chi connectivity index (χ3n) is 13.2. The summed E-state index contributed by atoms with van der Waals surface area (Å²) in [6, 6.07) is 39.1. The molecule has 0 unspecified atom stereocenters. The van der Waals surface area contributed by atoms with Gasteiger partial charge in [0.15, 0.2) is 15.6 Å². The molecule has 1 aliphatic carbocycles. The highest BCUT2D eigenvalue weighted by Crippen LogP contribution is 2.32. The van der Waals surface area contributed by atoms with E-state index in [0.717, 1.165) is 49.0 Å². The highest BCUT2D eigenvalue weighted by atomic mass is 32.2. The Balaban J connectivity index is -0.000000143. The Labute approximate surface area is 564 Å². The van der Waals surface area contributed by atoms with Crippen LogP contribution in [0, 0.1) is 59.2 Å². The SMILES string of the molecule is CC.CC.CC.CC.CC(=O)C(C)C.CC(=O)C(C)C.CC(C)C(=O)C1CCC(C(=O)C(C)C)CC1.CC(C)C(=O)c1ccccc1.CC(C)Cc1ccccc1.CC(C)Cc1ccccc1.CC(C)S(=O)(=O)c1ccccc1.CC(C)S(C)(=O)=O.CCC(C)C. The van der Waals surface area contributed by atoms with Crippen LogP contribution in [0.1, 0.15) is 268 Å². The lowest BCUT2D eigenvalue weighted by Crippen LogP contribution is -2.29. The smallest absolute Gasteiger partial charge is 0.180 e. The van der Waals surface area contributed by atoms with Gasteiger partial charge in [0.2, 0.25) is 0 Å². The molecule has 9 nitrogen and oxygen atoms in total. The lowest BCUT2D eigenvalue weighted by Gasteiger charge is -2.28. The number of carbonyl (C=O) groups is 5. The van der Waals surface area contributed by atoms with Gasteiger partial charge in [-0.3, -0.25) is 24.0 Å². The van der Waals surface area contributed by atoms with Gasteiger partial charge in [-0.25, -0.2) is 16.8 Å². The number of carbonyl (C=O) groups excluding carboxylic acids is 5. The summed E-state index contributed by atoms with van der Waals surface area (Å²) in [6.45, 7) is 60.8. The predicted octanol–water partition coefficient (Wildman–Crippen LogP) is 22.5. The summed E-state index contributed by atoms with van der Waals surface area (Å²) in [7, 11) is -5.82. The molecule has 0 radical (unpaired) electrons. The van der Waals surface area contributed by atoms with Crippen LogP contribution in [0.15, 0.2) is 126 Å². The monoisotopic (exact) mass is 1310 g/mol. The molecular weight excluding hydrogens is 1170 g/mol. The van der Waals surface area contributed by atoms with Gasteiger partial charge in [-0.1, -0.05) is 289 Å². The van der Waals surface area contributed by atoms with Gasteiger partial charge in [0.1, 0.15) is 33.0 Å². The Hall–Kier alpha value is -4.87. The zero-order valence-electron chi connectivity index (χ0n) is 64.4. The number of ketones is 5. The number of Topliss-reactive ketones (excluding diaryl/α,β-unsaturated/α-hetero) is 5. The Morgan fingerprint density at radius 2 is 0.604 bits per heavy atom. The molecular formula is C80H142O9S2. The predicted molar refractivity (Wildman–Crippen MR) is 401 cm³/mol. The Morgan fingerprint density at radius 3 is 0.780 bits per heavy atom. The van der Waals surface area contributed by atoms with Crippen molar-refractivity contribution in [3.63, 3.8) is 0 Å². The maximum absolute atomic E-state index is 11.8. The first-order chi connectivity index (χ1) is 42.3. The summed E-state index contributed by atoms with van der Waals surface area (Å²) in [5.41, 5.74) is 3.69. The summed E-state index contributed by atoms with van der Waals surface area (Å²) in [6.07, 6.45) is 8.60. The largest absolute Gasteiger partial charge is 0.300 e. The minimum Gasteiger partial charge on any atom is -0.300 e. The molecule has 0 atom stereocenters. The summed E-state index contributed by atoms with van der Waals surface area (Å²) >= 11 is 0. The fraction of sp³-hybridized carbons (Fsp3) is 0.637. The van der Waals surface area contributed by atoms with Gasteiger partial charge in [0.25, 0.3) is 0 Å². The molecule has 4 aromatic carbocycles. The summed E-state index contributed by atoms with van der Waals surface area (Å²) in [5.74, 6) is 5.16. The van der Waals surface area contributed by atoms with Crippen LogP contribution >= 0.6 is 0 Å². The maximum Gasteiger partial charge on any atom is 0.180 e. The molecule has 0 aromatic heterocycles. The van der Waals surface area contributed by atoms with E-state index in [2.05, 4.69) is 109 Å². The number of hydrogen-bond donors (Lipinski definition) is 0. The van der Waals surface area contributed by atoms with Gasteiger partial charge in [-0.15, -0.1) is 0 Å². The molecule has 0 N–H and O–H groups in total. The number of hydrogen-bond acceptors (Lipinski definition) is 9. The molecule has 0 saturated heterocycles. The highest BCUT2D eigenvalue weighted by molar-refractivity contribution is 7.92. The Bertz CT molecular complexity index is 2410. The second-order valence-corrected chi connectivity index (χ2v) is 29.9. The Kier molecular flexibility index (Phi) is 71.8. The third-order valence-corrected chi connectivity index (χ3v) is 17.1. The van der Waals surface area contributed by atoms with Crippen LogP contribution in [0.3, 0.4) is 0 Å². The van der Waals surface area contributed by atoms with Crippen molar-refractivity contribution in [2.45, 2.75) is 275 Å². The van der Waals surface area contributed by atoms with Crippen LogP contribution in [0.4, 0.5) is 0 Å². The fourth-order valence-electron chi connectivity index (χ4n) is 6.59. The summed E-state index contributed by atoms with van der Waals surface area (Å²) in [5, 5.41) is -0.576. The van der Waals surface area contributed by atoms with Gasteiger partial charge >= 0.3 is 0 Å². The van der Waals surface area contributed by atoms with Crippen LogP contribution in [-0.2, 0) is 51.7 Å². The second-order valence-electron chi connectivity index (χ2n) is 24.8. The lowest BCUT2D eigenvalue weighted by atomic mass is 9.75. The van der Waals surface area contributed by atoms with Crippen molar-refractivity contribution in [1.29, 1.82) is 0 Å². The van der Waals surface area contributed by atoms with E-state index in [9.17, 15) is 40.8 Å². The first-order valence-corrected chi connectivity index (χ1v) is 38.0. The van der Waals surface area contributed by atoms with Crippen molar-refractivity contribution in [1.82, 2.24) is 0 Å². The van der Waals surface area contributed by atoms with Gasteiger partial charge in [-0.05, 0) is 121 Å². The van der Waals surface area contributed by atoms with Crippen molar-refractivity contribution in [3.05, 3.63) is 138 Å². The molecule has 0 aliphatic heterocycles. The van der Waals surface area contributed by atoms with Crippen molar-refractivity contribution < 1.29 is 40.8 Å². The van der Waals surface area contributed by atoms with Gasteiger partial charge in [0, 0.05) is 53.2 Å². The maximum atomic E-state index is 11.8. The molecule has 1 saturated carbocycles. The number of rotatable bonds is 16. The van der Waals surface area contributed by atoms with Crippen molar-refractivity contribution in [3.8, 4) is 0 Å². The molecule has 0 bridgehead atoms. The standard InChI is InChI=1S/C14H24O2.C10H12O.2C10H14.C9H12O2S.2C5H10O.C5H12.C4H10O2S.4C2H6/c1-9(2)13(15)11-5-7-12(8-6-11)14(16)10(3)4;1-8(2)10(11)9-6-4-3-5-7-9;2*1-9(2)8-10-6-4-3-5-7-10;1-8(2)12(10,11)9-6-4-3-5-7-9;2*1-4(2)5(3)6;1-4-5(2)3;1-4(2)7(3,5)6;4*1-2/h9-12H,5-8H2,1-4H3;3-8H,1-2H3;2*3-7,9H,8H2,1-2H3;3-8H,1-2H3;2*4H,1-3H3;5H,4H2,1-3H3;4H,1-3H3;4*1-2H3. The quantitative estimate of drug-likeness (QED) is 0.0997. The first-order valence-electron chi connectivity index (χ1n) is 34.5. The molecule has 5 rings (SSSR count). The molecule has 528 valence electrons.